The number of piperazine rings is 1. The van der Waals surface area contributed by atoms with Crippen LogP contribution in [-0.4, -0.2) is 69.8 Å². The Labute approximate surface area is 248 Å². The number of nitrogens with zero attached hydrogens (tertiary/aromatic N) is 3. The molecule has 0 spiro atoms. The number of carbonyl (C=O) groups excluding carboxylic acids is 2. The lowest BCUT2D eigenvalue weighted by Crippen LogP contribution is -2.58. The molecule has 1 fully saturated rings. The Morgan fingerprint density at radius 2 is 1.88 bits per heavy atom. The summed E-state index contributed by atoms with van der Waals surface area (Å²) < 4.78 is 33.0. The predicted molar refractivity (Wildman–Crippen MR) is 155 cm³/mol. The molecule has 0 bridgehead atoms. The Bertz CT molecular complexity index is 1520. The van der Waals surface area contributed by atoms with E-state index in [1.54, 1.807) is 37.8 Å². The number of hydrogen-bond donors (Lipinski definition) is 1. The number of benzene rings is 2. The molecule has 0 aliphatic carbocycles. The molecule has 42 heavy (non-hydrogen) atoms. The monoisotopic (exact) mass is 597 g/mol. The van der Waals surface area contributed by atoms with Crippen LogP contribution >= 0.6 is 11.6 Å². The van der Waals surface area contributed by atoms with E-state index in [1.807, 2.05) is 26.0 Å². The van der Waals surface area contributed by atoms with Gasteiger partial charge >= 0.3 is 6.09 Å². The highest BCUT2D eigenvalue weighted by atomic mass is 35.5. The van der Waals surface area contributed by atoms with E-state index in [0.29, 0.717) is 5.75 Å². The Kier molecular flexibility index (Phi) is 7.94. The summed E-state index contributed by atoms with van der Waals surface area (Å²) in [6, 6.07) is 10.6. The number of rotatable bonds is 4. The average Bonchev–Trinajstić information content (AvgIpc) is 3.06. The first-order valence-electron chi connectivity index (χ1n) is 13.8. The minimum absolute atomic E-state index is 0.00745. The summed E-state index contributed by atoms with van der Waals surface area (Å²) >= 11 is 6.77. The van der Waals surface area contributed by atoms with Gasteiger partial charge in [0.15, 0.2) is 5.75 Å². The summed E-state index contributed by atoms with van der Waals surface area (Å²) in [6.07, 6.45) is -0.484. The van der Waals surface area contributed by atoms with Crippen LogP contribution in [0.3, 0.4) is 0 Å². The van der Waals surface area contributed by atoms with Gasteiger partial charge in [0.05, 0.1) is 11.6 Å². The van der Waals surface area contributed by atoms with E-state index in [4.69, 9.17) is 25.8 Å². The van der Waals surface area contributed by atoms with Gasteiger partial charge in [-0.15, -0.1) is 0 Å². The van der Waals surface area contributed by atoms with Gasteiger partial charge in [0.2, 0.25) is 5.88 Å². The van der Waals surface area contributed by atoms with Crippen LogP contribution in [0.1, 0.15) is 56.5 Å². The summed E-state index contributed by atoms with van der Waals surface area (Å²) in [7, 11) is 0. The van der Waals surface area contributed by atoms with Crippen molar-refractivity contribution in [3.8, 4) is 34.4 Å². The number of phenolic OH excluding ortho intramolecular Hbond substituents is 1. The van der Waals surface area contributed by atoms with Crippen LogP contribution in [0.15, 0.2) is 42.5 Å². The smallest absolute Gasteiger partial charge is 0.410 e. The number of halogens is 2. The van der Waals surface area contributed by atoms with Gasteiger partial charge in [-0.05, 0) is 50.5 Å². The average molecular weight is 598 g/mol. The summed E-state index contributed by atoms with van der Waals surface area (Å²) in [5.74, 6) is -1.24. The predicted octanol–water partition coefficient (Wildman–Crippen LogP) is 6.62. The normalized spacial score (nSPS) is 16.9. The molecular formula is C31H33ClFN3O6. The van der Waals surface area contributed by atoms with Gasteiger partial charge in [0.1, 0.15) is 45.8 Å². The second kappa shape index (κ2) is 11.3. The topological polar surface area (TPSA) is 101 Å². The molecule has 11 heteroatoms. The van der Waals surface area contributed by atoms with Crippen LogP contribution in [0, 0.1) is 5.82 Å². The van der Waals surface area contributed by atoms with Crippen molar-refractivity contribution >= 4 is 23.6 Å². The van der Waals surface area contributed by atoms with Crippen molar-refractivity contribution in [2.24, 2.45) is 0 Å². The molecule has 2 amide bonds. The first kappa shape index (κ1) is 29.4. The van der Waals surface area contributed by atoms with Crippen molar-refractivity contribution in [3.63, 3.8) is 0 Å². The first-order valence-corrected chi connectivity index (χ1v) is 14.1. The Hall–Kier alpha value is -4.05. The van der Waals surface area contributed by atoms with Crippen molar-refractivity contribution < 1.29 is 33.3 Å². The second-order valence-electron chi connectivity index (χ2n) is 11.6. The van der Waals surface area contributed by atoms with Crippen molar-refractivity contribution in [1.29, 1.82) is 0 Å². The quantitative estimate of drug-likeness (QED) is 0.361. The molecule has 9 nitrogen and oxygen atoms in total. The number of amides is 2. The highest BCUT2D eigenvalue weighted by Crippen LogP contribution is 2.47. The Morgan fingerprint density at radius 3 is 2.57 bits per heavy atom. The fourth-order valence-electron chi connectivity index (χ4n) is 5.07. The van der Waals surface area contributed by atoms with E-state index in [0.717, 1.165) is 5.56 Å². The van der Waals surface area contributed by atoms with Crippen molar-refractivity contribution in [3.05, 3.63) is 64.4 Å². The Morgan fingerprint density at radius 1 is 1.14 bits per heavy atom. The summed E-state index contributed by atoms with van der Waals surface area (Å²) in [6.45, 7) is 9.99. The molecule has 0 saturated carbocycles. The van der Waals surface area contributed by atoms with Crippen LogP contribution in [0.5, 0.6) is 23.1 Å². The van der Waals surface area contributed by atoms with E-state index in [1.165, 1.54) is 23.1 Å². The Balaban J connectivity index is 1.61. The molecular weight excluding hydrogens is 565 g/mol. The SMILES string of the molecule is CC(C)c1ccccc1Oc1nc(-c2c(O)cccc2F)c(Cl)c2c1C(=O)N1CCN(C(=O)OC(C)(C)C)C[C@@H]1CO2. The molecule has 1 atom stereocenters. The van der Waals surface area contributed by atoms with Crippen molar-refractivity contribution in [1.82, 2.24) is 14.8 Å². The van der Waals surface area contributed by atoms with Gasteiger partial charge in [-0.2, -0.15) is 0 Å². The van der Waals surface area contributed by atoms with Gasteiger partial charge in [0, 0.05) is 19.6 Å². The third-order valence-corrected chi connectivity index (χ3v) is 7.42. The zero-order valence-corrected chi connectivity index (χ0v) is 24.9. The third-order valence-electron chi connectivity index (χ3n) is 7.07. The maximum atomic E-state index is 15.0. The van der Waals surface area contributed by atoms with E-state index in [-0.39, 0.29) is 71.4 Å². The molecule has 222 valence electrons. The van der Waals surface area contributed by atoms with Gasteiger partial charge in [-0.25, -0.2) is 14.2 Å². The number of hydrogen-bond acceptors (Lipinski definition) is 7. The largest absolute Gasteiger partial charge is 0.507 e. The zero-order chi connectivity index (χ0) is 30.3. The number of aromatic hydroxyl groups is 1. The number of ether oxygens (including phenoxy) is 3. The minimum atomic E-state index is -0.761. The van der Waals surface area contributed by atoms with E-state index < -0.39 is 29.5 Å². The van der Waals surface area contributed by atoms with Gasteiger partial charge < -0.3 is 29.1 Å². The molecule has 5 rings (SSSR count). The van der Waals surface area contributed by atoms with Crippen LogP contribution in [0.4, 0.5) is 9.18 Å². The van der Waals surface area contributed by atoms with E-state index in [9.17, 15) is 14.7 Å². The van der Waals surface area contributed by atoms with Gasteiger partial charge in [0.25, 0.3) is 5.91 Å². The molecule has 2 aliphatic heterocycles. The lowest BCUT2D eigenvalue weighted by Gasteiger charge is -2.40. The number of pyridine rings is 1. The van der Waals surface area contributed by atoms with Crippen LogP contribution in [0.25, 0.3) is 11.3 Å². The van der Waals surface area contributed by atoms with E-state index in [2.05, 4.69) is 4.98 Å². The molecule has 3 heterocycles. The zero-order valence-electron chi connectivity index (χ0n) is 24.1. The first-order chi connectivity index (χ1) is 19.9. The molecule has 2 aromatic carbocycles. The summed E-state index contributed by atoms with van der Waals surface area (Å²) in [5, 5.41) is 10.4. The minimum Gasteiger partial charge on any atom is -0.507 e. The lowest BCUT2D eigenvalue weighted by molar-refractivity contribution is 0.000916. The van der Waals surface area contributed by atoms with E-state index >= 15 is 4.39 Å². The van der Waals surface area contributed by atoms with Crippen molar-refractivity contribution in [2.75, 3.05) is 26.2 Å². The molecule has 0 radical (unpaired) electrons. The number of para-hydroxylation sites is 1. The maximum Gasteiger partial charge on any atom is 0.410 e. The highest BCUT2D eigenvalue weighted by molar-refractivity contribution is 6.35. The molecule has 3 aromatic rings. The third kappa shape index (κ3) is 5.68. The summed E-state index contributed by atoms with van der Waals surface area (Å²) in [5.41, 5.74) is -0.213. The fourth-order valence-corrected chi connectivity index (χ4v) is 5.35. The highest BCUT2D eigenvalue weighted by Gasteiger charge is 2.41. The number of fused-ring (bicyclic) bond motifs is 2. The lowest BCUT2D eigenvalue weighted by atomic mass is 10.0. The summed E-state index contributed by atoms with van der Waals surface area (Å²) in [4.78, 5) is 34.6. The number of phenols is 1. The molecule has 1 N–H and O–H groups in total. The van der Waals surface area contributed by atoms with Crippen molar-refractivity contribution in [2.45, 2.75) is 52.2 Å². The molecule has 0 unspecified atom stereocenters. The fraction of sp³-hybridized carbons (Fsp3) is 0.387. The maximum absolute atomic E-state index is 15.0. The van der Waals surface area contributed by atoms with Crippen LogP contribution < -0.4 is 9.47 Å². The second-order valence-corrected chi connectivity index (χ2v) is 12.0. The van der Waals surface area contributed by atoms with Gasteiger partial charge in [-0.3, -0.25) is 4.79 Å². The molecule has 1 aromatic heterocycles. The van der Waals surface area contributed by atoms with Crippen LogP contribution in [0.2, 0.25) is 5.02 Å². The molecule has 1 saturated heterocycles. The van der Waals surface area contributed by atoms with Crippen LogP contribution in [-0.2, 0) is 4.74 Å². The van der Waals surface area contributed by atoms with Gasteiger partial charge in [-0.1, -0.05) is 49.7 Å². The number of aromatic nitrogens is 1. The molecule has 2 aliphatic rings. The standard InChI is InChI=1S/C31H33ClFN3O6/c1-17(2)19-9-6-7-12-22(19)41-28-24-27(25(32)26(34-28)23-20(33)10-8-11-21(23)37)40-16-18-15-35(13-14-36(18)29(24)38)30(39)42-31(3,4)5/h6-12,17-18,37H,13-16H2,1-5H3/t18-/m1/s1. The number of carbonyl (C=O) groups is 2.